The summed E-state index contributed by atoms with van der Waals surface area (Å²) in [5.41, 5.74) is 0.471. The average Bonchev–Trinajstić information content (AvgIpc) is 1.76. The lowest BCUT2D eigenvalue weighted by atomic mass is 9.91. The van der Waals surface area contributed by atoms with Crippen LogP contribution in [0.1, 0.15) is 54.4 Å². The fourth-order valence-corrected chi connectivity index (χ4v) is 0.981. The van der Waals surface area contributed by atoms with Crippen molar-refractivity contribution in [1.82, 2.24) is 0 Å². The summed E-state index contributed by atoms with van der Waals surface area (Å²) in [6, 6.07) is 0. The minimum atomic E-state index is 0.0257. The van der Waals surface area contributed by atoms with Gasteiger partial charge in [-0.15, -0.1) is 0 Å². The fourth-order valence-electron chi connectivity index (χ4n) is 0.981. The van der Waals surface area contributed by atoms with Crippen LogP contribution in [0.3, 0.4) is 0 Å². The summed E-state index contributed by atoms with van der Waals surface area (Å²) in [4.78, 5) is 0. The molecule has 0 aromatic rings. The summed E-state index contributed by atoms with van der Waals surface area (Å²) < 4.78 is 5.62. The van der Waals surface area contributed by atoms with Gasteiger partial charge >= 0.3 is 0 Å². The molecule has 12 heavy (non-hydrogen) atoms. The van der Waals surface area contributed by atoms with E-state index in [4.69, 9.17) is 4.74 Å². The molecule has 0 saturated heterocycles. The van der Waals surface area contributed by atoms with E-state index in [0.29, 0.717) is 5.41 Å². The molecule has 0 aliphatic carbocycles. The van der Waals surface area contributed by atoms with Crippen molar-refractivity contribution < 1.29 is 4.74 Å². The maximum Gasteiger partial charge on any atom is 0.0598 e. The zero-order valence-corrected chi connectivity index (χ0v) is 9.53. The Labute approximate surface area is 77.5 Å². The average molecular weight is 172 g/mol. The van der Waals surface area contributed by atoms with Gasteiger partial charge < -0.3 is 4.74 Å². The largest absolute Gasteiger partial charge is 0.376 e. The molecule has 0 atom stereocenters. The Morgan fingerprint density at radius 1 is 0.917 bits per heavy atom. The minimum Gasteiger partial charge on any atom is -0.376 e. The lowest BCUT2D eigenvalue weighted by molar-refractivity contribution is -0.00720. The van der Waals surface area contributed by atoms with Gasteiger partial charge in [0, 0.05) is 6.61 Å². The number of rotatable bonds is 3. The first-order valence-corrected chi connectivity index (χ1v) is 4.85. The molecular formula is C11H24O. The van der Waals surface area contributed by atoms with E-state index in [1.54, 1.807) is 0 Å². The van der Waals surface area contributed by atoms with E-state index in [1.807, 2.05) is 0 Å². The van der Waals surface area contributed by atoms with Crippen LogP contribution in [-0.4, -0.2) is 12.2 Å². The topological polar surface area (TPSA) is 9.23 Å². The van der Waals surface area contributed by atoms with Gasteiger partial charge in [0.15, 0.2) is 0 Å². The second kappa shape index (κ2) is 4.27. The standard InChI is InChI=1S/C11H24O/c1-10(2,3)8-7-9-12-11(4,5)6/h7-9H2,1-6H3. The Balaban J connectivity index is 3.35. The van der Waals surface area contributed by atoms with Crippen LogP contribution in [0.15, 0.2) is 0 Å². The van der Waals surface area contributed by atoms with E-state index in [2.05, 4.69) is 41.5 Å². The molecule has 0 amide bonds. The minimum absolute atomic E-state index is 0.0257. The van der Waals surface area contributed by atoms with Crippen molar-refractivity contribution in [1.29, 1.82) is 0 Å². The van der Waals surface area contributed by atoms with E-state index in [1.165, 1.54) is 12.8 Å². The molecule has 0 aliphatic heterocycles. The van der Waals surface area contributed by atoms with E-state index in [-0.39, 0.29) is 5.60 Å². The maximum absolute atomic E-state index is 5.62. The van der Waals surface area contributed by atoms with Gasteiger partial charge in [-0.25, -0.2) is 0 Å². The lowest BCUT2D eigenvalue weighted by Gasteiger charge is -2.22. The summed E-state index contributed by atoms with van der Waals surface area (Å²) in [6.45, 7) is 14.0. The van der Waals surface area contributed by atoms with Crippen molar-refractivity contribution in [2.45, 2.75) is 60.0 Å². The van der Waals surface area contributed by atoms with Gasteiger partial charge in [-0.1, -0.05) is 20.8 Å². The Morgan fingerprint density at radius 3 is 1.75 bits per heavy atom. The van der Waals surface area contributed by atoms with Crippen molar-refractivity contribution in [3.63, 3.8) is 0 Å². The van der Waals surface area contributed by atoms with Crippen molar-refractivity contribution in [2.24, 2.45) is 5.41 Å². The molecule has 0 fully saturated rings. The van der Waals surface area contributed by atoms with Crippen LogP contribution in [0.2, 0.25) is 0 Å². The third-order valence-corrected chi connectivity index (χ3v) is 1.61. The SMILES string of the molecule is CC(C)(C)CCCOC(C)(C)C. The van der Waals surface area contributed by atoms with Crippen LogP contribution in [-0.2, 0) is 4.74 Å². The Bertz CT molecular complexity index is 97.9. The molecule has 1 nitrogen and oxygen atoms in total. The third kappa shape index (κ3) is 9.96. The molecule has 74 valence electrons. The van der Waals surface area contributed by atoms with E-state index >= 15 is 0 Å². The Hall–Kier alpha value is -0.0400. The normalized spacial score (nSPS) is 13.5. The molecule has 0 unspecified atom stereocenters. The zero-order chi connectivity index (χ0) is 9.83. The van der Waals surface area contributed by atoms with Crippen LogP contribution < -0.4 is 0 Å². The first-order valence-electron chi connectivity index (χ1n) is 4.85. The maximum atomic E-state index is 5.62. The van der Waals surface area contributed by atoms with E-state index < -0.39 is 0 Å². The molecule has 0 bridgehead atoms. The second-order valence-electron chi connectivity index (χ2n) is 5.63. The fraction of sp³-hybridized carbons (Fsp3) is 1.00. The number of hydrogen-bond acceptors (Lipinski definition) is 1. The zero-order valence-electron chi connectivity index (χ0n) is 9.53. The summed E-state index contributed by atoms with van der Waals surface area (Å²) in [6.07, 6.45) is 2.41. The molecule has 0 rings (SSSR count). The van der Waals surface area contributed by atoms with Gasteiger partial charge in [0.2, 0.25) is 0 Å². The third-order valence-electron chi connectivity index (χ3n) is 1.61. The molecule has 0 aliphatic rings. The van der Waals surface area contributed by atoms with Crippen molar-refractivity contribution >= 4 is 0 Å². The van der Waals surface area contributed by atoms with E-state index in [9.17, 15) is 0 Å². The van der Waals surface area contributed by atoms with Gasteiger partial charge in [-0.3, -0.25) is 0 Å². The van der Waals surface area contributed by atoms with Crippen LogP contribution in [0.5, 0.6) is 0 Å². The molecule has 0 radical (unpaired) electrons. The molecule has 0 saturated carbocycles. The quantitative estimate of drug-likeness (QED) is 0.591. The van der Waals surface area contributed by atoms with Gasteiger partial charge in [-0.05, 0) is 39.0 Å². The Kier molecular flexibility index (Phi) is 4.25. The monoisotopic (exact) mass is 172 g/mol. The van der Waals surface area contributed by atoms with Crippen LogP contribution >= 0.6 is 0 Å². The van der Waals surface area contributed by atoms with Crippen molar-refractivity contribution in [3.05, 3.63) is 0 Å². The van der Waals surface area contributed by atoms with Crippen molar-refractivity contribution in [3.8, 4) is 0 Å². The van der Waals surface area contributed by atoms with Gasteiger partial charge in [0.1, 0.15) is 0 Å². The van der Waals surface area contributed by atoms with Gasteiger partial charge in [0.05, 0.1) is 5.60 Å². The summed E-state index contributed by atoms with van der Waals surface area (Å²) >= 11 is 0. The predicted molar refractivity (Wildman–Crippen MR) is 54.4 cm³/mol. The van der Waals surface area contributed by atoms with Crippen LogP contribution in [0.4, 0.5) is 0 Å². The Morgan fingerprint density at radius 2 is 1.42 bits per heavy atom. The molecule has 0 spiro atoms. The molecule has 0 N–H and O–H groups in total. The van der Waals surface area contributed by atoms with E-state index in [0.717, 1.165) is 6.61 Å². The molecular weight excluding hydrogens is 148 g/mol. The number of hydrogen-bond donors (Lipinski definition) is 0. The van der Waals surface area contributed by atoms with Crippen molar-refractivity contribution in [2.75, 3.05) is 6.61 Å². The molecule has 0 aromatic carbocycles. The second-order valence-corrected chi connectivity index (χ2v) is 5.63. The number of ether oxygens (including phenoxy) is 1. The first kappa shape index (κ1) is 12.0. The van der Waals surface area contributed by atoms with Crippen LogP contribution in [0, 0.1) is 5.41 Å². The molecule has 1 heteroatoms. The molecule has 0 aromatic heterocycles. The van der Waals surface area contributed by atoms with Crippen LogP contribution in [0.25, 0.3) is 0 Å². The first-order chi connectivity index (χ1) is 5.21. The lowest BCUT2D eigenvalue weighted by Crippen LogP contribution is -2.20. The summed E-state index contributed by atoms with van der Waals surface area (Å²) in [5.74, 6) is 0. The molecule has 0 heterocycles. The predicted octanol–water partition coefficient (Wildman–Crippen LogP) is 3.63. The van der Waals surface area contributed by atoms with Gasteiger partial charge in [-0.2, -0.15) is 0 Å². The summed E-state index contributed by atoms with van der Waals surface area (Å²) in [5, 5.41) is 0. The summed E-state index contributed by atoms with van der Waals surface area (Å²) in [7, 11) is 0. The highest BCUT2D eigenvalue weighted by molar-refractivity contribution is 4.62. The highest BCUT2D eigenvalue weighted by Gasteiger charge is 2.12. The smallest absolute Gasteiger partial charge is 0.0598 e. The van der Waals surface area contributed by atoms with Gasteiger partial charge in [0.25, 0.3) is 0 Å². The highest BCUT2D eigenvalue weighted by atomic mass is 16.5. The highest BCUT2D eigenvalue weighted by Crippen LogP contribution is 2.21.